The van der Waals surface area contributed by atoms with Gasteiger partial charge in [-0.05, 0) is 18.2 Å². The zero-order valence-electron chi connectivity index (χ0n) is 10.5. The SMILES string of the molecule is CC(C)(CO)[C@@H](N)c1cc(C(F)(F)F)ccc1F.Cl. The van der Waals surface area contributed by atoms with Gasteiger partial charge in [-0.1, -0.05) is 13.8 Å². The Hall–Kier alpha value is -0.850. The van der Waals surface area contributed by atoms with E-state index < -0.39 is 29.0 Å². The van der Waals surface area contributed by atoms with Gasteiger partial charge in [-0.3, -0.25) is 0 Å². The molecule has 0 saturated carbocycles. The van der Waals surface area contributed by atoms with Gasteiger partial charge in [0.15, 0.2) is 0 Å². The monoisotopic (exact) mass is 301 g/mol. The van der Waals surface area contributed by atoms with Gasteiger partial charge < -0.3 is 10.8 Å². The predicted molar refractivity (Wildman–Crippen MR) is 66.4 cm³/mol. The maximum Gasteiger partial charge on any atom is 0.416 e. The van der Waals surface area contributed by atoms with E-state index in [0.717, 1.165) is 6.07 Å². The van der Waals surface area contributed by atoms with E-state index in [2.05, 4.69) is 0 Å². The van der Waals surface area contributed by atoms with Gasteiger partial charge >= 0.3 is 6.18 Å². The van der Waals surface area contributed by atoms with Crippen molar-refractivity contribution in [2.45, 2.75) is 26.1 Å². The van der Waals surface area contributed by atoms with E-state index in [1.807, 2.05) is 0 Å². The van der Waals surface area contributed by atoms with Crippen LogP contribution < -0.4 is 5.73 Å². The maximum atomic E-state index is 13.5. The van der Waals surface area contributed by atoms with Gasteiger partial charge in [-0.15, -0.1) is 12.4 Å². The van der Waals surface area contributed by atoms with E-state index >= 15 is 0 Å². The lowest BCUT2D eigenvalue weighted by Crippen LogP contribution is -2.33. The fourth-order valence-electron chi connectivity index (χ4n) is 1.48. The zero-order chi connectivity index (χ0) is 14.1. The summed E-state index contributed by atoms with van der Waals surface area (Å²) in [4.78, 5) is 0. The number of aliphatic hydroxyl groups is 1. The fraction of sp³-hybridized carbons (Fsp3) is 0.500. The van der Waals surface area contributed by atoms with Crippen LogP contribution in [0, 0.1) is 11.2 Å². The fourth-order valence-corrected chi connectivity index (χ4v) is 1.48. The summed E-state index contributed by atoms with van der Waals surface area (Å²) >= 11 is 0. The standard InChI is InChI=1S/C12H15F4NO.ClH/c1-11(2,6-18)10(17)8-5-7(12(14,15)16)3-4-9(8)13;/h3-5,10,18H,6,17H2,1-2H3;1H/t10-;/m0./s1. The Morgan fingerprint density at radius 1 is 1.26 bits per heavy atom. The smallest absolute Gasteiger partial charge is 0.396 e. The number of benzene rings is 1. The molecule has 0 unspecified atom stereocenters. The molecule has 0 bridgehead atoms. The van der Waals surface area contributed by atoms with E-state index in [1.54, 1.807) is 13.8 Å². The molecule has 0 radical (unpaired) electrons. The molecule has 2 nitrogen and oxygen atoms in total. The van der Waals surface area contributed by atoms with Crippen LogP contribution >= 0.6 is 12.4 Å². The molecule has 0 amide bonds. The van der Waals surface area contributed by atoms with Crippen LogP contribution in [-0.2, 0) is 6.18 Å². The molecule has 0 spiro atoms. The highest BCUT2D eigenvalue weighted by molar-refractivity contribution is 5.85. The molecule has 1 aromatic carbocycles. The molecule has 0 fully saturated rings. The van der Waals surface area contributed by atoms with Crippen LogP contribution in [0.15, 0.2) is 18.2 Å². The lowest BCUT2D eigenvalue weighted by atomic mass is 9.81. The second kappa shape index (κ2) is 6.07. The third-order valence-corrected chi connectivity index (χ3v) is 2.91. The highest BCUT2D eigenvalue weighted by Gasteiger charge is 2.34. The van der Waals surface area contributed by atoms with Gasteiger partial charge in [0, 0.05) is 23.6 Å². The average Bonchev–Trinajstić information content (AvgIpc) is 2.27. The minimum absolute atomic E-state index is 0. The van der Waals surface area contributed by atoms with Gasteiger partial charge in [0.25, 0.3) is 0 Å². The molecule has 7 heteroatoms. The summed E-state index contributed by atoms with van der Waals surface area (Å²) in [6.07, 6.45) is -4.55. The predicted octanol–water partition coefficient (Wildman–Crippen LogP) is 3.28. The van der Waals surface area contributed by atoms with Crippen molar-refractivity contribution >= 4 is 12.4 Å². The molecule has 0 aliphatic rings. The van der Waals surface area contributed by atoms with Crippen LogP contribution in [0.3, 0.4) is 0 Å². The quantitative estimate of drug-likeness (QED) is 0.842. The number of aliphatic hydroxyl groups excluding tert-OH is 1. The first-order valence-corrected chi connectivity index (χ1v) is 5.32. The van der Waals surface area contributed by atoms with Gasteiger partial charge in [0.05, 0.1) is 5.56 Å². The van der Waals surface area contributed by atoms with Crippen molar-refractivity contribution in [2.75, 3.05) is 6.61 Å². The van der Waals surface area contributed by atoms with Crippen LogP contribution in [0.4, 0.5) is 17.6 Å². The van der Waals surface area contributed by atoms with Gasteiger partial charge in [-0.2, -0.15) is 13.2 Å². The first-order chi connectivity index (χ1) is 8.09. The molecule has 0 aliphatic heterocycles. The Kier molecular flexibility index (Phi) is 5.80. The Bertz CT molecular complexity index is 434. The minimum Gasteiger partial charge on any atom is -0.396 e. The first-order valence-electron chi connectivity index (χ1n) is 5.32. The first kappa shape index (κ1) is 18.1. The van der Waals surface area contributed by atoms with Crippen molar-refractivity contribution in [3.63, 3.8) is 0 Å². The number of nitrogens with two attached hydrogens (primary N) is 1. The van der Waals surface area contributed by atoms with E-state index in [4.69, 9.17) is 10.8 Å². The number of rotatable bonds is 3. The third-order valence-electron chi connectivity index (χ3n) is 2.91. The second-order valence-corrected chi connectivity index (χ2v) is 4.86. The maximum absolute atomic E-state index is 13.5. The highest BCUT2D eigenvalue weighted by Crippen LogP contribution is 2.36. The van der Waals surface area contributed by atoms with Gasteiger partial charge in [-0.25, -0.2) is 4.39 Å². The van der Waals surface area contributed by atoms with E-state index in [1.165, 1.54) is 0 Å². The molecule has 0 saturated heterocycles. The molecule has 0 heterocycles. The van der Waals surface area contributed by atoms with E-state index in [9.17, 15) is 17.6 Å². The molecule has 1 atom stereocenters. The molecular formula is C12H16ClF4NO. The molecule has 3 N–H and O–H groups in total. The number of alkyl halides is 3. The van der Waals surface area contributed by atoms with Crippen molar-refractivity contribution in [2.24, 2.45) is 11.1 Å². The Labute approximate surface area is 115 Å². The van der Waals surface area contributed by atoms with Crippen LogP contribution in [0.5, 0.6) is 0 Å². The molecule has 0 aliphatic carbocycles. The molecule has 19 heavy (non-hydrogen) atoms. The summed E-state index contributed by atoms with van der Waals surface area (Å²) < 4.78 is 51.1. The summed E-state index contributed by atoms with van der Waals surface area (Å²) in [6, 6.07) is 1.07. The lowest BCUT2D eigenvalue weighted by Gasteiger charge is -2.30. The average molecular weight is 302 g/mol. The van der Waals surface area contributed by atoms with Crippen LogP contribution in [-0.4, -0.2) is 11.7 Å². The van der Waals surface area contributed by atoms with Crippen LogP contribution in [0.2, 0.25) is 0 Å². The molecular weight excluding hydrogens is 286 g/mol. The van der Waals surface area contributed by atoms with Crippen molar-refractivity contribution in [1.82, 2.24) is 0 Å². The molecule has 1 aromatic rings. The largest absolute Gasteiger partial charge is 0.416 e. The summed E-state index contributed by atoms with van der Waals surface area (Å²) in [6.45, 7) is 2.75. The van der Waals surface area contributed by atoms with Crippen molar-refractivity contribution in [3.05, 3.63) is 35.1 Å². The van der Waals surface area contributed by atoms with Crippen molar-refractivity contribution < 1.29 is 22.7 Å². The molecule has 110 valence electrons. The van der Waals surface area contributed by atoms with E-state index in [0.29, 0.717) is 12.1 Å². The third kappa shape index (κ3) is 4.06. The number of halogens is 5. The second-order valence-electron chi connectivity index (χ2n) is 4.86. The Morgan fingerprint density at radius 2 is 1.79 bits per heavy atom. The van der Waals surface area contributed by atoms with E-state index in [-0.39, 0.29) is 24.6 Å². The topological polar surface area (TPSA) is 46.2 Å². The normalized spacial score (nSPS) is 13.9. The van der Waals surface area contributed by atoms with Crippen molar-refractivity contribution in [1.29, 1.82) is 0 Å². The Balaban J connectivity index is 0.00000324. The number of hydrogen-bond acceptors (Lipinski definition) is 2. The highest BCUT2D eigenvalue weighted by atomic mass is 35.5. The summed E-state index contributed by atoms with van der Waals surface area (Å²) in [5, 5.41) is 9.12. The number of hydrogen-bond donors (Lipinski definition) is 2. The van der Waals surface area contributed by atoms with Crippen molar-refractivity contribution in [3.8, 4) is 0 Å². The molecule has 0 aromatic heterocycles. The Morgan fingerprint density at radius 3 is 2.21 bits per heavy atom. The van der Waals surface area contributed by atoms with Gasteiger partial charge in [0.1, 0.15) is 5.82 Å². The summed E-state index contributed by atoms with van der Waals surface area (Å²) in [5.41, 5.74) is 3.62. The minimum atomic E-state index is -4.55. The lowest BCUT2D eigenvalue weighted by molar-refractivity contribution is -0.137. The van der Waals surface area contributed by atoms with Crippen LogP contribution in [0.25, 0.3) is 0 Å². The molecule has 1 rings (SSSR count). The summed E-state index contributed by atoms with van der Waals surface area (Å²) in [5.74, 6) is -0.808. The van der Waals surface area contributed by atoms with Crippen LogP contribution in [0.1, 0.15) is 31.0 Å². The summed E-state index contributed by atoms with van der Waals surface area (Å²) in [7, 11) is 0. The van der Waals surface area contributed by atoms with Gasteiger partial charge in [0.2, 0.25) is 0 Å². The zero-order valence-corrected chi connectivity index (χ0v) is 11.3.